The van der Waals surface area contributed by atoms with E-state index >= 15 is 0 Å². The molecule has 0 aromatic rings. The van der Waals surface area contributed by atoms with Crippen molar-refractivity contribution in [3.05, 3.63) is 11.6 Å². The van der Waals surface area contributed by atoms with Gasteiger partial charge in [-0.05, 0) is 125 Å². The first-order chi connectivity index (χ1) is 16.3. The van der Waals surface area contributed by atoms with Crippen LogP contribution >= 0.6 is 15.9 Å². The lowest BCUT2D eigenvalue weighted by Crippen LogP contribution is -2.65. The van der Waals surface area contributed by atoms with Crippen molar-refractivity contribution >= 4 is 21.9 Å². The molecule has 198 valence electrons. The van der Waals surface area contributed by atoms with Gasteiger partial charge in [-0.1, -0.05) is 60.1 Å². The smallest absolute Gasteiger partial charge is 0.313 e. The molecule has 4 heteroatoms. The zero-order valence-corrected chi connectivity index (χ0v) is 24.8. The van der Waals surface area contributed by atoms with E-state index in [1.807, 2.05) is 0 Å². The number of rotatable bonds is 2. The molecule has 10 atom stereocenters. The highest BCUT2D eigenvalue weighted by Crippen LogP contribution is 2.75. The Hall–Kier alpha value is -0.350. The first-order valence-corrected chi connectivity index (χ1v) is 15.5. The largest absolute Gasteiger partial charge is 0.454 e. The summed E-state index contributed by atoms with van der Waals surface area (Å²) in [5, 5.41) is 10.9. The van der Waals surface area contributed by atoms with Gasteiger partial charge in [0.2, 0.25) is 0 Å². The Morgan fingerprint density at radius 2 is 1.71 bits per heavy atom. The van der Waals surface area contributed by atoms with E-state index in [1.54, 1.807) is 5.57 Å². The minimum atomic E-state index is -0.355. The van der Waals surface area contributed by atoms with Crippen LogP contribution < -0.4 is 0 Å². The second-order valence-corrected chi connectivity index (χ2v) is 15.2. The maximum atomic E-state index is 13.6. The van der Waals surface area contributed by atoms with Crippen LogP contribution in [0, 0.1) is 56.7 Å². The summed E-state index contributed by atoms with van der Waals surface area (Å²) in [6.07, 6.45) is 12.2. The van der Waals surface area contributed by atoms with Gasteiger partial charge in [0.1, 0.15) is 5.52 Å². The van der Waals surface area contributed by atoms with Gasteiger partial charge in [0.15, 0.2) is 0 Å². The molecule has 0 spiro atoms. The van der Waals surface area contributed by atoms with E-state index in [2.05, 4.69) is 70.5 Å². The summed E-state index contributed by atoms with van der Waals surface area (Å²) in [4.78, 5) is 13.6. The van der Waals surface area contributed by atoms with Gasteiger partial charge in [0.05, 0.1) is 11.5 Å². The minimum Gasteiger partial charge on any atom is -0.454 e. The SMILES string of the molecule is C[C@H]1[C@H](C)CC[C@]2(C(=O)OCBr)CC[C@]3(C)C(=CC[C@@H]4[C@@]5(C)CC[C@H](O)C(C)(C)[C@@H]5CC[C@]43C)[C@H]12. The molecule has 5 aliphatic rings. The first-order valence-electron chi connectivity index (χ1n) is 14.4. The molecule has 0 aromatic heterocycles. The summed E-state index contributed by atoms with van der Waals surface area (Å²) in [6, 6.07) is 0. The van der Waals surface area contributed by atoms with Gasteiger partial charge >= 0.3 is 5.97 Å². The van der Waals surface area contributed by atoms with Gasteiger partial charge in [-0.25, -0.2) is 0 Å². The zero-order chi connectivity index (χ0) is 25.6. The van der Waals surface area contributed by atoms with Crippen LogP contribution in [0.3, 0.4) is 0 Å². The van der Waals surface area contributed by atoms with E-state index in [4.69, 9.17) is 4.74 Å². The third kappa shape index (κ3) is 3.26. The topological polar surface area (TPSA) is 46.5 Å². The number of halogens is 1. The van der Waals surface area contributed by atoms with Crippen molar-refractivity contribution in [1.29, 1.82) is 0 Å². The van der Waals surface area contributed by atoms with E-state index < -0.39 is 0 Å². The van der Waals surface area contributed by atoms with Crippen molar-refractivity contribution < 1.29 is 14.6 Å². The van der Waals surface area contributed by atoms with E-state index in [-0.39, 0.29) is 39.1 Å². The molecule has 0 bridgehead atoms. The number of esters is 1. The predicted molar refractivity (Wildman–Crippen MR) is 145 cm³/mol. The van der Waals surface area contributed by atoms with Crippen molar-refractivity contribution in [2.45, 2.75) is 112 Å². The highest BCUT2D eigenvalue weighted by molar-refractivity contribution is 9.09. The van der Waals surface area contributed by atoms with Crippen LogP contribution in [0.25, 0.3) is 0 Å². The number of ether oxygens (including phenoxy) is 1. The van der Waals surface area contributed by atoms with Crippen LogP contribution in [0.5, 0.6) is 0 Å². The molecule has 4 fully saturated rings. The molecule has 0 radical (unpaired) electrons. The van der Waals surface area contributed by atoms with Gasteiger partial charge in [-0.3, -0.25) is 4.79 Å². The summed E-state index contributed by atoms with van der Waals surface area (Å²) >= 11 is 3.37. The normalized spacial score (nSPS) is 52.8. The molecular weight excluding hydrogens is 500 g/mol. The second-order valence-electron chi connectivity index (χ2n) is 14.7. The van der Waals surface area contributed by atoms with Gasteiger partial charge < -0.3 is 9.84 Å². The standard InChI is InChI=1S/C31H49BrO3/c1-19-10-15-31(26(34)35-18-32)17-16-29(6)21(25(31)20(19)2)8-9-23-28(5)13-12-24(33)27(3,4)22(28)11-14-30(23,29)7/h8,19-20,22-25,33H,9-18H2,1-7H3/t19-,20+,22+,23-,24+,25+,28+,29-,30-,31+/m1/s1. The molecule has 35 heavy (non-hydrogen) atoms. The molecule has 5 aliphatic carbocycles. The maximum Gasteiger partial charge on any atom is 0.313 e. The maximum absolute atomic E-state index is 13.6. The lowest BCUT2D eigenvalue weighted by atomic mass is 9.33. The summed E-state index contributed by atoms with van der Waals surface area (Å²) in [6.45, 7) is 17.2. The van der Waals surface area contributed by atoms with Crippen LogP contribution in [0.4, 0.5) is 0 Å². The Bertz CT molecular complexity index is 911. The van der Waals surface area contributed by atoms with Crippen LogP contribution in [-0.4, -0.2) is 22.7 Å². The molecule has 4 saturated carbocycles. The first kappa shape index (κ1) is 26.3. The molecule has 0 unspecified atom stereocenters. The number of allylic oxidation sites excluding steroid dienone is 2. The second kappa shape index (κ2) is 8.32. The lowest BCUT2D eigenvalue weighted by Gasteiger charge is -2.71. The van der Waals surface area contributed by atoms with Crippen molar-refractivity contribution in [3.8, 4) is 0 Å². The number of alkyl halides is 1. The molecule has 0 aromatic carbocycles. The number of carbonyl (C=O) groups excluding carboxylic acids is 1. The highest BCUT2D eigenvalue weighted by Gasteiger charge is 2.69. The Kier molecular flexibility index (Phi) is 6.25. The van der Waals surface area contributed by atoms with E-state index in [1.165, 1.54) is 12.8 Å². The molecular formula is C31H49BrO3. The van der Waals surface area contributed by atoms with Crippen molar-refractivity contribution in [2.75, 3.05) is 5.52 Å². The number of hydrogen-bond donors (Lipinski definition) is 1. The Morgan fingerprint density at radius 3 is 2.40 bits per heavy atom. The molecule has 0 heterocycles. The van der Waals surface area contributed by atoms with Gasteiger partial charge in [0.25, 0.3) is 0 Å². The molecule has 1 N–H and O–H groups in total. The summed E-state index contributed by atoms with van der Waals surface area (Å²) in [5.74, 6) is 2.66. The van der Waals surface area contributed by atoms with E-state index in [0.717, 1.165) is 44.9 Å². The fourth-order valence-corrected chi connectivity index (χ4v) is 11.2. The summed E-state index contributed by atoms with van der Waals surface area (Å²) < 4.78 is 5.72. The fraction of sp³-hybridized carbons (Fsp3) is 0.903. The lowest BCUT2D eigenvalue weighted by molar-refractivity contribution is -0.207. The fourth-order valence-electron chi connectivity index (χ4n) is 11.0. The van der Waals surface area contributed by atoms with E-state index in [0.29, 0.717) is 35.1 Å². The minimum absolute atomic E-state index is 0.0201. The molecule has 3 nitrogen and oxygen atoms in total. The van der Waals surface area contributed by atoms with Crippen LogP contribution in [0.1, 0.15) is 106 Å². The number of aliphatic hydroxyl groups excluding tert-OH is 1. The monoisotopic (exact) mass is 548 g/mol. The number of hydrogen-bond acceptors (Lipinski definition) is 3. The predicted octanol–water partition coefficient (Wildman–Crippen LogP) is 7.90. The van der Waals surface area contributed by atoms with Crippen molar-refractivity contribution in [2.24, 2.45) is 56.7 Å². The quantitative estimate of drug-likeness (QED) is 0.216. The van der Waals surface area contributed by atoms with Crippen molar-refractivity contribution in [3.63, 3.8) is 0 Å². The molecule has 0 saturated heterocycles. The van der Waals surface area contributed by atoms with Gasteiger partial charge in [-0.2, -0.15) is 0 Å². The number of carbonyl (C=O) groups is 1. The van der Waals surface area contributed by atoms with Crippen LogP contribution in [0.2, 0.25) is 0 Å². The summed E-state index contributed by atoms with van der Waals surface area (Å²) in [5.41, 5.74) is 2.13. The molecule has 0 aliphatic heterocycles. The van der Waals surface area contributed by atoms with Crippen molar-refractivity contribution in [1.82, 2.24) is 0 Å². The van der Waals surface area contributed by atoms with E-state index in [9.17, 15) is 9.90 Å². The Morgan fingerprint density at radius 1 is 1.00 bits per heavy atom. The zero-order valence-electron chi connectivity index (χ0n) is 23.3. The third-order valence-electron chi connectivity index (χ3n) is 13.6. The average molecular weight is 550 g/mol. The van der Waals surface area contributed by atoms with Crippen LogP contribution in [-0.2, 0) is 9.53 Å². The highest BCUT2D eigenvalue weighted by atomic mass is 79.9. The molecule has 5 rings (SSSR count). The third-order valence-corrected chi connectivity index (χ3v) is 13.8. The Balaban J connectivity index is 1.60. The summed E-state index contributed by atoms with van der Waals surface area (Å²) in [7, 11) is 0. The molecule has 0 amide bonds. The average Bonchev–Trinajstić information content (AvgIpc) is 2.79. The number of fused-ring (bicyclic) bond motifs is 7. The number of aliphatic hydroxyl groups is 1. The Labute approximate surface area is 222 Å². The van der Waals surface area contributed by atoms with Gasteiger partial charge in [0, 0.05) is 0 Å². The van der Waals surface area contributed by atoms with Gasteiger partial charge in [-0.15, -0.1) is 0 Å². The van der Waals surface area contributed by atoms with Crippen LogP contribution in [0.15, 0.2) is 11.6 Å².